The first-order valence-corrected chi connectivity index (χ1v) is 7.36. The van der Waals surface area contributed by atoms with Crippen molar-refractivity contribution < 1.29 is 13.9 Å². The molecule has 1 aromatic carbocycles. The number of nitrogens with one attached hydrogen (secondary N) is 1. The highest BCUT2D eigenvalue weighted by Crippen LogP contribution is 2.18. The molecule has 0 aromatic heterocycles. The lowest BCUT2D eigenvalue weighted by atomic mass is 10.1. The summed E-state index contributed by atoms with van der Waals surface area (Å²) in [4.78, 5) is 11.9. The summed E-state index contributed by atoms with van der Waals surface area (Å²) in [6.07, 6.45) is 3.11. The molecule has 1 aliphatic heterocycles. The third kappa shape index (κ3) is 4.38. The lowest BCUT2D eigenvalue weighted by Gasteiger charge is -2.10. The Morgan fingerprint density at radius 1 is 1.62 bits per heavy atom. The second-order valence-electron chi connectivity index (χ2n) is 4.68. The van der Waals surface area contributed by atoms with Gasteiger partial charge in [-0.3, -0.25) is 4.79 Å². The van der Waals surface area contributed by atoms with E-state index < -0.39 is 11.7 Å². The maximum Gasteiger partial charge on any atom is 0.262 e. The number of ether oxygens (including phenoxy) is 1. The molecule has 1 heterocycles. The van der Waals surface area contributed by atoms with Crippen molar-refractivity contribution in [3.05, 3.63) is 39.6 Å². The van der Waals surface area contributed by atoms with Gasteiger partial charge in [-0.1, -0.05) is 15.9 Å². The topological polar surface area (TPSA) is 62.1 Å². The molecule has 0 radical (unpaired) electrons. The summed E-state index contributed by atoms with van der Waals surface area (Å²) in [5.74, 6) is -1.01. The van der Waals surface area contributed by atoms with Crippen LogP contribution >= 0.6 is 15.9 Å². The summed E-state index contributed by atoms with van der Waals surface area (Å²) in [7, 11) is 0. The number of hydrogen-bond acceptors (Lipinski definition) is 3. The highest BCUT2D eigenvalue weighted by molar-refractivity contribution is 9.10. The van der Waals surface area contributed by atoms with Gasteiger partial charge in [-0.15, -0.1) is 0 Å². The zero-order valence-corrected chi connectivity index (χ0v) is 12.8. The molecule has 6 heteroatoms. The molecule has 0 spiro atoms. The first-order chi connectivity index (χ1) is 10.1. The van der Waals surface area contributed by atoms with Gasteiger partial charge in [0.15, 0.2) is 0 Å². The van der Waals surface area contributed by atoms with Crippen LogP contribution in [0.5, 0.6) is 0 Å². The Bertz CT molecular complexity index is 604. The minimum atomic E-state index is -0.521. The van der Waals surface area contributed by atoms with Crippen molar-refractivity contribution in [3.63, 3.8) is 0 Å². The van der Waals surface area contributed by atoms with Crippen LogP contribution in [0.2, 0.25) is 0 Å². The Morgan fingerprint density at radius 3 is 3.10 bits per heavy atom. The minimum Gasteiger partial charge on any atom is -0.376 e. The summed E-state index contributed by atoms with van der Waals surface area (Å²) in [5, 5.41) is 11.7. The van der Waals surface area contributed by atoms with Crippen LogP contribution in [0.4, 0.5) is 4.39 Å². The number of amides is 1. The number of nitriles is 1. The van der Waals surface area contributed by atoms with E-state index in [2.05, 4.69) is 21.2 Å². The lowest BCUT2D eigenvalue weighted by Crippen LogP contribution is -2.32. The highest BCUT2D eigenvalue weighted by Gasteiger charge is 2.17. The van der Waals surface area contributed by atoms with Gasteiger partial charge in [0.05, 0.1) is 6.10 Å². The largest absolute Gasteiger partial charge is 0.376 e. The van der Waals surface area contributed by atoms with Crippen LogP contribution in [0.15, 0.2) is 28.2 Å². The summed E-state index contributed by atoms with van der Waals surface area (Å²) in [6.45, 7) is 1.06. The van der Waals surface area contributed by atoms with Crippen molar-refractivity contribution in [1.82, 2.24) is 5.32 Å². The summed E-state index contributed by atoms with van der Waals surface area (Å²) in [5.41, 5.74) is 0.0539. The summed E-state index contributed by atoms with van der Waals surface area (Å²) in [6, 6.07) is 6.14. The van der Waals surface area contributed by atoms with Crippen molar-refractivity contribution in [2.45, 2.75) is 18.9 Å². The van der Waals surface area contributed by atoms with Crippen LogP contribution in [-0.4, -0.2) is 25.2 Å². The highest BCUT2D eigenvalue weighted by atomic mass is 79.9. The quantitative estimate of drug-likeness (QED) is 0.669. The van der Waals surface area contributed by atoms with E-state index in [1.165, 1.54) is 18.2 Å². The third-order valence-electron chi connectivity index (χ3n) is 3.14. The Labute approximate surface area is 130 Å². The molecule has 4 nitrogen and oxygen atoms in total. The van der Waals surface area contributed by atoms with Gasteiger partial charge in [0.1, 0.15) is 17.5 Å². The molecule has 1 unspecified atom stereocenters. The molecule has 1 N–H and O–H groups in total. The Balaban J connectivity index is 2.07. The summed E-state index contributed by atoms with van der Waals surface area (Å²) < 4.78 is 19.7. The fourth-order valence-corrected chi connectivity index (χ4v) is 2.42. The number of carbonyl (C=O) groups is 1. The van der Waals surface area contributed by atoms with Gasteiger partial charge in [-0.25, -0.2) is 4.39 Å². The van der Waals surface area contributed by atoms with Crippen LogP contribution in [0.1, 0.15) is 18.4 Å². The maximum absolute atomic E-state index is 13.6. The number of hydrogen-bond donors (Lipinski definition) is 1. The second-order valence-corrected chi connectivity index (χ2v) is 5.60. The van der Waals surface area contributed by atoms with Gasteiger partial charge in [0, 0.05) is 23.2 Å². The summed E-state index contributed by atoms with van der Waals surface area (Å²) >= 11 is 3.22. The Morgan fingerprint density at radius 2 is 2.43 bits per heavy atom. The molecule has 1 aliphatic rings. The van der Waals surface area contributed by atoms with Crippen molar-refractivity contribution in [1.29, 1.82) is 5.26 Å². The second kappa shape index (κ2) is 7.34. The van der Waals surface area contributed by atoms with Crippen LogP contribution in [0, 0.1) is 17.1 Å². The van der Waals surface area contributed by atoms with E-state index in [0.29, 0.717) is 17.6 Å². The number of nitrogens with zero attached hydrogens (tertiary/aromatic N) is 1. The van der Waals surface area contributed by atoms with Gasteiger partial charge in [-0.05, 0) is 37.1 Å². The molecule has 0 bridgehead atoms. The zero-order valence-electron chi connectivity index (χ0n) is 11.2. The van der Waals surface area contributed by atoms with Crippen molar-refractivity contribution in [3.8, 4) is 6.07 Å². The van der Waals surface area contributed by atoms with E-state index >= 15 is 0 Å². The number of rotatable bonds is 4. The molecule has 2 rings (SSSR count). The minimum absolute atomic E-state index is 0.00324. The van der Waals surface area contributed by atoms with Gasteiger partial charge in [-0.2, -0.15) is 5.26 Å². The first kappa shape index (κ1) is 15.7. The van der Waals surface area contributed by atoms with E-state index in [9.17, 15) is 9.18 Å². The van der Waals surface area contributed by atoms with Crippen LogP contribution < -0.4 is 5.32 Å². The van der Waals surface area contributed by atoms with Crippen molar-refractivity contribution in [2.24, 2.45) is 0 Å². The van der Waals surface area contributed by atoms with Gasteiger partial charge in [0.2, 0.25) is 0 Å². The fraction of sp³-hybridized carbons (Fsp3) is 0.333. The normalized spacial score (nSPS) is 18.3. The first-order valence-electron chi connectivity index (χ1n) is 6.57. The zero-order chi connectivity index (χ0) is 15.2. The van der Waals surface area contributed by atoms with Crippen LogP contribution in [-0.2, 0) is 9.53 Å². The van der Waals surface area contributed by atoms with Crippen molar-refractivity contribution in [2.75, 3.05) is 13.2 Å². The molecular formula is C15H14BrFN2O2. The monoisotopic (exact) mass is 352 g/mol. The smallest absolute Gasteiger partial charge is 0.262 e. The number of halogens is 2. The predicted molar refractivity (Wildman–Crippen MR) is 79.7 cm³/mol. The van der Waals surface area contributed by atoms with Gasteiger partial charge in [0.25, 0.3) is 5.91 Å². The van der Waals surface area contributed by atoms with E-state index in [-0.39, 0.29) is 17.2 Å². The lowest BCUT2D eigenvalue weighted by molar-refractivity contribution is -0.117. The van der Waals surface area contributed by atoms with Crippen LogP contribution in [0.25, 0.3) is 6.08 Å². The Kier molecular flexibility index (Phi) is 5.48. The standard InChI is InChI=1S/C15H14BrFN2O2/c16-12-3-4-14(17)10(7-12)6-11(8-18)15(20)19-9-13-2-1-5-21-13/h3-4,6-7,13H,1-2,5,9H2,(H,19,20)/b11-6+. The number of benzene rings is 1. The van der Waals surface area contributed by atoms with E-state index in [0.717, 1.165) is 12.8 Å². The molecule has 1 amide bonds. The molecule has 1 aromatic rings. The maximum atomic E-state index is 13.6. The fourth-order valence-electron chi connectivity index (χ4n) is 2.04. The molecule has 1 fully saturated rings. The molecule has 110 valence electrons. The molecule has 1 saturated heterocycles. The van der Waals surface area contributed by atoms with Gasteiger partial charge < -0.3 is 10.1 Å². The molecule has 0 saturated carbocycles. The van der Waals surface area contributed by atoms with E-state index in [4.69, 9.17) is 10.00 Å². The van der Waals surface area contributed by atoms with Crippen LogP contribution in [0.3, 0.4) is 0 Å². The van der Waals surface area contributed by atoms with E-state index in [1.807, 2.05) is 0 Å². The third-order valence-corrected chi connectivity index (χ3v) is 3.63. The van der Waals surface area contributed by atoms with Gasteiger partial charge >= 0.3 is 0 Å². The predicted octanol–water partition coefficient (Wildman–Crippen LogP) is 2.79. The molecule has 1 atom stereocenters. The molecule has 21 heavy (non-hydrogen) atoms. The molecular weight excluding hydrogens is 339 g/mol. The van der Waals surface area contributed by atoms with E-state index in [1.54, 1.807) is 12.1 Å². The van der Waals surface area contributed by atoms with Crippen molar-refractivity contribution >= 4 is 27.9 Å². The molecule has 0 aliphatic carbocycles. The number of carbonyl (C=O) groups excluding carboxylic acids is 1. The average molecular weight is 353 g/mol. The SMILES string of the molecule is N#C/C(=C\c1cc(Br)ccc1F)C(=O)NCC1CCCO1. The average Bonchev–Trinajstić information content (AvgIpc) is 2.99. The Hall–Kier alpha value is -1.71.